The van der Waals surface area contributed by atoms with Crippen molar-refractivity contribution in [3.05, 3.63) is 11.6 Å². The monoisotopic (exact) mass is 520 g/mol. The number of ether oxygens (including phenoxy) is 2. The second kappa shape index (κ2) is 8.38. The first-order chi connectivity index (χ1) is 16.5. The van der Waals surface area contributed by atoms with E-state index in [1.807, 2.05) is 0 Å². The summed E-state index contributed by atoms with van der Waals surface area (Å²) in [5, 5.41) is 23.4. The number of aliphatic hydroxyl groups excluding tert-OH is 1. The molecule has 0 aromatic heterocycles. The minimum absolute atomic E-state index is 0.000732. The molecule has 4 aliphatic carbocycles. The van der Waals surface area contributed by atoms with Crippen LogP contribution in [0.15, 0.2) is 11.6 Å². The van der Waals surface area contributed by atoms with E-state index in [0.29, 0.717) is 44.0 Å². The Hall–Kier alpha value is -0.243. The topological polar surface area (TPSA) is 68.2 Å². The molecule has 0 radical (unpaired) electrons. The molecule has 0 bridgehead atoms. The second-order valence-corrected chi connectivity index (χ2v) is 20.4. The molecule has 5 nitrogen and oxygen atoms in total. The van der Waals surface area contributed by atoms with E-state index in [4.69, 9.17) is 13.9 Å². The maximum atomic E-state index is 12.2. The first-order valence-electron chi connectivity index (χ1n) is 14.5. The zero-order valence-electron chi connectivity index (χ0n) is 24.2. The van der Waals surface area contributed by atoms with Crippen molar-refractivity contribution in [3.63, 3.8) is 0 Å². The SMILES string of the molecule is CC1(C)COC2(CC[C@]3(CO)C4=CC[C@]5(C)[C@@H](O[Si](C)(C)C(C)(C)C)CC[C@H]5[C@@H]4CC[C@@]3(O)C2)OC1. The van der Waals surface area contributed by atoms with Gasteiger partial charge in [0.1, 0.15) is 0 Å². The standard InChI is InChI=1S/C30H52O5Si/c1-25(2,3)36(7,8)35-24-10-9-22-21-11-14-29(32)17-30(33-19-26(4,5)20-34-30)16-15-28(29,18-31)23(21)12-13-27(22,24)6/h12,21-22,24,31-32H,9-11,13-20H2,1-8H3/t21-,22-,24-,27-,28-,29+/m0/s1. The number of aliphatic hydroxyl groups is 2. The lowest BCUT2D eigenvalue weighted by Crippen LogP contribution is -2.66. The van der Waals surface area contributed by atoms with Crippen LogP contribution in [-0.4, -0.2) is 55.8 Å². The van der Waals surface area contributed by atoms with Crippen LogP contribution in [0.3, 0.4) is 0 Å². The first kappa shape index (κ1) is 27.3. The van der Waals surface area contributed by atoms with Gasteiger partial charge in [0, 0.05) is 23.7 Å². The van der Waals surface area contributed by atoms with Crippen LogP contribution in [0.4, 0.5) is 0 Å². The maximum absolute atomic E-state index is 12.2. The van der Waals surface area contributed by atoms with Gasteiger partial charge in [0.25, 0.3) is 0 Å². The van der Waals surface area contributed by atoms with Crippen molar-refractivity contribution in [3.8, 4) is 0 Å². The summed E-state index contributed by atoms with van der Waals surface area (Å²) in [5.41, 5.74) is -0.111. The molecule has 1 saturated heterocycles. The Labute approximate surface area is 220 Å². The highest BCUT2D eigenvalue weighted by Crippen LogP contribution is 2.67. The summed E-state index contributed by atoms with van der Waals surface area (Å²) in [6.45, 7) is 19.8. The van der Waals surface area contributed by atoms with E-state index in [2.05, 4.69) is 60.7 Å². The molecule has 6 atom stereocenters. The Morgan fingerprint density at radius 3 is 2.31 bits per heavy atom. The van der Waals surface area contributed by atoms with E-state index in [-0.39, 0.29) is 22.5 Å². The Morgan fingerprint density at radius 1 is 1.03 bits per heavy atom. The summed E-state index contributed by atoms with van der Waals surface area (Å²) >= 11 is 0. The van der Waals surface area contributed by atoms with Crippen molar-refractivity contribution in [2.75, 3.05) is 19.8 Å². The van der Waals surface area contributed by atoms with Gasteiger partial charge in [-0.1, -0.05) is 53.2 Å². The smallest absolute Gasteiger partial charge is 0.192 e. The highest BCUT2D eigenvalue weighted by molar-refractivity contribution is 6.74. The molecule has 4 fully saturated rings. The van der Waals surface area contributed by atoms with Gasteiger partial charge < -0.3 is 24.1 Å². The Kier molecular flexibility index (Phi) is 6.36. The second-order valence-electron chi connectivity index (χ2n) is 15.7. The summed E-state index contributed by atoms with van der Waals surface area (Å²) in [7, 11) is -1.86. The Morgan fingerprint density at radius 2 is 1.69 bits per heavy atom. The minimum Gasteiger partial charge on any atom is -0.413 e. The Bertz CT molecular complexity index is 896. The van der Waals surface area contributed by atoms with Crippen LogP contribution in [0.2, 0.25) is 18.1 Å². The number of allylic oxidation sites excluding steroid dienone is 1. The van der Waals surface area contributed by atoms with Crippen molar-refractivity contribution in [2.45, 2.75) is 129 Å². The molecule has 1 spiro atoms. The average molecular weight is 521 g/mol. The van der Waals surface area contributed by atoms with Crippen molar-refractivity contribution >= 4 is 8.32 Å². The predicted octanol–water partition coefficient (Wildman–Crippen LogP) is 6.20. The van der Waals surface area contributed by atoms with Gasteiger partial charge in [-0.05, 0) is 73.9 Å². The van der Waals surface area contributed by atoms with Crippen LogP contribution in [0.5, 0.6) is 0 Å². The molecule has 5 rings (SSSR count). The summed E-state index contributed by atoms with van der Waals surface area (Å²) in [5.74, 6) is 0.263. The third-order valence-electron chi connectivity index (χ3n) is 11.7. The largest absolute Gasteiger partial charge is 0.413 e. The molecule has 2 N–H and O–H groups in total. The van der Waals surface area contributed by atoms with Gasteiger partial charge >= 0.3 is 0 Å². The maximum Gasteiger partial charge on any atom is 0.192 e. The van der Waals surface area contributed by atoms with Gasteiger partial charge in [-0.25, -0.2) is 0 Å². The molecule has 0 aromatic carbocycles. The van der Waals surface area contributed by atoms with Crippen molar-refractivity contribution in [2.24, 2.45) is 28.1 Å². The molecular formula is C30H52O5Si. The van der Waals surface area contributed by atoms with Crippen molar-refractivity contribution < 1.29 is 24.1 Å². The fraction of sp³-hybridized carbons (Fsp3) is 0.933. The summed E-state index contributed by atoms with van der Waals surface area (Å²) < 4.78 is 19.7. The van der Waals surface area contributed by atoms with Gasteiger partial charge in [-0.2, -0.15) is 0 Å². The zero-order valence-corrected chi connectivity index (χ0v) is 25.2. The summed E-state index contributed by atoms with van der Waals surface area (Å²) in [6, 6.07) is 0. The highest BCUT2D eigenvalue weighted by atomic mass is 28.4. The fourth-order valence-electron chi connectivity index (χ4n) is 8.28. The van der Waals surface area contributed by atoms with Crippen LogP contribution >= 0.6 is 0 Å². The lowest BCUT2D eigenvalue weighted by atomic mass is 9.46. The number of hydrogen-bond donors (Lipinski definition) is 2. The molecule has 6 heteroatoms. The Balaban J connectivity index is 1.42. The molecule has 1 aliphatic heterocycles. The minimum atomic E-state index is -1.86. The zero-order chi connectivity index (χ0) is 26.4. The van der Waals surface area contributed by atoms with Gasteiger partial charge in [0.05, 0.1) is 31.5 Å². The average Bonchev–Trinajstić information content (AvgIpc) is 3.10. The normalized spacial score (nSPS) is 43.9. The van der Waals surface area contributed by atoms with Crippen LogP contribution in [0, 0.1) is 28.1 Å². The number of hydrogen-bond acceptors (Lipinski definition) is 5. The lowest BCUT2D eigenvalue weighted by molar-refractivity contribution is -0.345. The van der Waals surface area contributed by atoms with E-state index >= 15 is 0 Å². The third-order valence-corrected chi connectivity index (χ3v) is 16.2. The molecule has 0 unspecified atom stereocenters. The van der Waals surface area contributed by atoms with Gasteiger partial charge in [-0.15, -0.1) is 0 Å². The molecule has 5 aliphatic rings. The molecule has 0 aromatic rings. The van der Waals surface area contributed by atoms with Gasteiger partial charge in [0.15, 0.2) is 14.1 Å². The quantitative estimate of drug-likeness (QED) is 0.343. The van der Waals surface area contributed by atoms with E-state index in [0.717, 1.165) is 32.1 Å². The van der Waals surface area contributed by atoms with E-state index in [9.17, 15) is 10.2 Å². The fourth-order valence-corrected chi connectivity index (χ4v) is 9.73. The molecule has 36 heavy (non-hydrogen) atoms. The van der Waals surface area contributed by atoms with E-state index in [1.54, 1.807) is 0 Å². The molecule has 0 amide bonds. The van der Waals surface area contributed by atoms with Gasteiger partial charge in [-0.3, -0.25) is 0 Å². The van der Waals surface area contributed by atoms with Crippen molar-refractivity contribution in [1.29, 1.82) is 0 Å². The van der Waals surface area contributed by atoms with E-state index < -0.39 is 25.1 Å². The molecule has 206 valence electrons. The molecular weight excluding hydrogens is 468 g/mol. The lowest BCUT2D eigenvalue weighted by Gasteiger charge is -2.63. The summed E-state index contributed by atoms with van der Waals surface area (Å²) in [6.07, 6.45) is 9.60. The third kappa shape index (κ3) is 3.95. The van der Waals surface area contributed by atoms with Crippen LogP contribution in [-0.2, 0) is 13.9 Å². The van der Waals surface area contributed by atoms with Crippen molar-refractivity contribution in [1.82, 2.24) is 0 Å². The highest BCUT2D eigenvalue weighted by Gasteiger charge is 2.67. The predicted molar refractivity (Wildman–Crippen MR) is 145 cm³/mol. The molecule has 1 heterocycles. The van der Waals surface area contributed by atoms with E-state index in [1.165, 1.54) is 12.0 Å². The van der Waals surface area contributed by atoms with Crippen LogP contribution in [0.1, 0.15) is 92.9 Å². The first-order valence-corrected chi connectivity index (χ1v) is 17.4. The van der Waals surface area contributed by atoms with Crippen LogP contribution in [0.25, 0.3) is 0 Å². The molecule has 3 saturated carbocycles. The van der Waals surface area contributed by atoms with Crippen LogP contribution < -0.4 is 0 Å². The number of fused-ring (bicyclic) bond motifs is 5. The summed E-state index contributed by atoms with van der Waals surface area (Å²) in [4.78, 5) is 0. The van der Waals surface area contributed by atoms with Gasteiger partial charge in [0.2, 0.25) is 0 Å². The number of rotatable bonds is 3.